The van der Waals surface area contributed by atoms with Gasteiger partial charge in [0.2, 0.25) is 0 Å². The minimum absolute atomic E-state index is 0.251. The van der Waals surface area contributed by atoms with Crippen molar-refractivity contribution in [3.63, 3.8) is 0 Å². The summed E-state index contributed by atoms with van der Waals surface area (Å²) < 4.78 is 7.60. The highest BCUT2D eigenvalue weighted by Gasteiger charge is 2.16. The number of aromatic nitrogens is 3. The van der Waals surface area contributed by atoms with Gasteiger partial charge in [-0.1, -0.05) is 52.4 Å². The number of hydrogen-bond acceptors (Lipinski definition) is 6. The standard InChI is InChI=1S/C21H29N5OS.C2H6/c1-14-6-7-15(27-5)12-17(14)28-20-25-18-16(8-9-24-19(18)22)26(20)11-10-23-13-21(2,3)4;1-2/h6-9,12,23H,10-11,13H2,1-5H3,(H2,22,24);1-2H3. The Bertz CT molecular complexity index is 962. The van der Waals surface area contributed by atoms with E-state index < -0.39 is 0 Å². The molecule has 2 heterocycles. The lowest BCUT2D eigenvalue weighted by atomic mass is 9.97. The van der Waals surface area contributed by atoms with Crippen molar-refractivity contribution >= 4 is 28.6 Å². The smallest absolute Gasteiger partial charge is 0.174 e. The average molecular weight is 430 g/mol. The van der Waals surface area contributed by atoms with Crippen LogP contribution in [0, 0.1) is 12.3 Å². The highest BCUT2D eigenvalue weighted by Crippen LogP contribution is 2.35. The molecule has 0 spiro atoms. The largest absolute Gasteiger partial charge is 0.497 e. The van der Waals surface area contributed by atoms with Gasteiger partial charge in [-0.05, 0) is 36.1 Å². The van der Waals surface area contributed by atoms with E-state index in [1.54, 1.807) is 25.1 Å². The number of imidazole rings is 1. The van der Waals surface area contributed by atoms with E-state index in [2.05, 4.69) is 48.6 Å². The van der Waals surface area contributed by atoms with E-state index >= 15 is 0 Å². The van der Waals surface area contributed by atoms with Gasteiger partial charge in [0.05, 0.1) is 12.6 Å². The summed E-state index contributed by atoms with van der Waals surface area (Å²) in [5.41, 5.74) is 9.28. The molecule has 0 saturated carbocycles. The van der Waals surface area contributed by atoms with E-state index in [0.717, 1.165) is 46.5 Å². The molecule has 0 amide bonds. The fourth-order valence-corrected chi connectivity index (χ4v) is 3.95. The zero-order chi connectivity index (χ0) is 22.3. The third-order valence-electron chi connectivity index (χ3n) is 4.42. The highest BCUT2D eigenvalue weighted by atomic mass is 32.2. The van der Waals surface area contributed by atoms with Crippen LogP contribution >= 0.6 is 11.8 Å². The number of nitrogen functional groups attached to an aromatic ring is 1. The number of ether oxygens (including phenoxy) is 1. The first kappa shape index (κ1) is 24.0. The van der Waals surface area contributed by atoms with Gasteiger partial charge in [0.1, 0.15) is 11.3 Å². The van der Waals surface area contributed by atoms with Crippen molar-refractivity contribution in [2.45, 2.75) is 58.1 Å². The molecule has 164 valence electrons. The molecule has 0 atom stereocenters. The first-order valence-electron chi connectivity index (χ1n) is 10.4. The molecule has 0 aliphatic rings. The molecule has 3 N–H and O–H groups in total. The maximum absolute atomic E-state index is 6.09. The van der Waals surface area contributed by atoms with Crippen molar-refractivity contribution in [1.82, 2.24) is 19.9 Å². The van der Waals surface area contributed by atoms with E-state index in [-0.39, 0.29) is 5.41 Å². The minimum Gasteiger partial charge on any atom is -0.497 e. The lowest BCUT2D eigenvalue weighted by molar-refractivity contribution is 0.375. The molecule has 0 aliphatic heterocycles. The van der Waals surface area contributed by atoms with Crippen molar-refractivity contribution in [2.75, 3.05) is 25.9 Å². The molecule has 3 aromatic rings. The number of fused-ring (bicyclic) bond motifs is 1. The molecule has 2 aromatic heterocycles. The molecule has 0 aliphatic carbocycles. The number of nitrogens with one attached hydrogen (secondary N) is 1. The third kappa shape index (κ3) is 6.12. The van der Waals surface area contributed by atoms with Crippen LogP contribution in [0.5, 0.6) is 5.75 Å². The van der Waals surface area contributed by atoms with E-state index in [1.807, 2.05) is 32.0 Å². The highest BCUT2D eigenvalue weighted by molar-refractivity contribution is 7.99. The van der Waals surface area contributed by atoms with Crippen LogP contribution in [0.1, 0.15) is 40.2 Å². The van der Waals surface area contributed by atoms with Crippen LogP contribution in [-0.2, 0) is 6.54 Å². The summed E-state index contributed by atoms with van der Waals surface area (Å²) in [7, 11) is 1.68. The second-order valence-corrected chi connectivity index (χ2v) is 9.09. The van der Waals surface area contributed by atoms with E-state index in [9.17, 15) is 0 Å². The van der Waals surface area contributed by atoms with Crippen LogP contribution in [0.2, 0.25) is 0 Å². The maximum atomic E-state index is 6.09. The van der Waals surface area contributed by atoms with Gasteiger partial charge in [-0.25, -0.2) is 9.97 Å². The van der Waals surface area contributed by atoms with Gasteiger partial charge in [-0.3, -0.25) is 0 Å². The van der Waals surface area contributed by atoms with Gasteiger partial charge in [0.25, 0.3) is 0 Å². The predicted octanol–water partition coefficient (Wildman–Crippen LogP) is 5.14. The lowest BCUT2D eigenvalue weighted by Crippen LogP contribution is -2.29. The Balaban J connectivity index is 0.00000155. The first-order chi connectivity index (χ1) is 14.3. The van der Waals surface area contributed by atoms with Gasteiger partial charge < -0.3 is 20.4 Å². The summed E-state index contributed by atoms with van der Waals surface area (Å²) in [5.74, 6) is 1.30. The number of hydrogen-bond donors (Lipinski definition) is 2. The molecule has 30 heavy (non-hydrogen) atoms. The third-order valence-corrected chi connectivity index (χ3v) is 5.58. The van der Waals surface area contributed by atoms with Crippen LogP contribution in [0.25, 0.3) is 11.0 Å². The summed E-state index contributed by atoms with van der Waals surface area (Å²) in [5, 5.41) is 4.45. The Morgan fingerprint density at radius 2 is 1.93 bits per heavy atom. The number of nitrogens with two attached hydrogens (primary N) is 1. The molecule has 1 aromatic carbocycles. The minimum atomic E-state index is 0.251. The van der Waals surface area contributed by atoms with Crippen molar-refractivity contribution in [3.05, 3.63) is 36.0 Å². The molecular formula is C23H35N5OS. The molecule has 7 heteroatoms. The van der Waals surface area contributed by atoms with Gasteiger partial charge >= 0.3 is 0 Å². The number of methoxy groups -OCH3 is 1. The van der Waals surface area contributed by atoms with Crippen molar-refractivity contribution in [1.29, 1.82) is 0 Å². The topological polar surface area (TPSA) is 78.0 Å². The number of nitrogens with zero attached hydrogens (tertiary/aromatic N) is 3. The summed E-state index contributed by atoms with van der Waals surface area (Å²) in [6.45, 7) is 15.4. The van der Waals surface area contributed by atoms with Gasteiger partial charge in [0.15, 0.2) is 11.0 Å². The van der Waals surface area contributed by atoms with Crippen LogP contribution in [0.3, 0.4) is 0 Å². The Morgan fingerprint density at radius 3 is 2.60 bits per heavy atom. The van der Waals surface area contributed by atoms with Gasteiger partial charge in [-0.2, -0.15) is 0 Å². The number of benzene rings is 1. The summed E-state index contributed by atoms with van der Waals surface area (Å²) in [6, 6.07) is 8.06. The van der Waals surface area contributed by atoms with E-state index in [4.69, 9.17) is 15.5 Å². The number of rotatable bonds is 7. The predicted molar refractivity (Wildman–Crippen MR) is 127 cm³/mol. The normalized spacial score (nSPS) is 11.3. The number of pyridine rings is 1. The van der Waals surface area contributed by atoms with Gasteiger partial charge in [0, 0.05) is 30.7 Å². The van der Waals surface area contributed by atoms with Gasteiger partial charge in [-0.15, -0.1) is 0 Å². The summed E-state index contributed by atoms with van der Waals surface area (Å²) in [6.07, 6.45) is 1.74. The molecule has 0 bridgehead atoms. The molecule has 6 nitrogen and oxygen atoms in total. The van der Waals surface area contributed by atoms with E-state index in [0.29, 0.717) is 5.82 Å². The molecule has 0 radical (unpaired) electrons. The molecule has 0 saturated heterocycles. The Hall–Kier alpha value is -2.25. The first-order valence-corrected chi connectivity index (χ1v) is 11.2. The quantitative estimate of drug-likeness (QED) is 0.506. The number of aryl methyl sites for hydroxylation is 1. The Morgan fingerprint density at radius 1 is 1.20 bits per heavy atom. The van der Waals surface area contributed by atoms with Crippen molar-refractivity contribution in [2.24, 2.45) is 5.41 Å². The maximum Gasteiger partial charge on any atom is 0.174 e. The van der Waals surface area contributed by atoms with Crippen molar-refractivity contribution < 1.29 is 4.74 Å². The monoisotopic (exact) mass is 429 g/mol. The Labute approximate surface area is 184 Å². The van der Waals surface area contributed by atoms with Crippen LogP contribution in [0.15, 0.2) is 40.5 Å². The SMILES string of the molecule is CC.COc1ccc(C)c(Sc2nc3c(N)nccc3n2CCNCC(C)(C)C)c1. The Kier molecular flexibility index (Phi) is 8.55. The van der Waals surface area contributed by atoms with Crippen LogP contribution in [-0.4, -0.2) is 34.7 Å². The van der Waals surface area contributed by atoms with E-state index in [1.165, 1.54) is 5.56 Å². The van der Waals surface area contributed by atoms with Crippen LogP contribution in [0.4, 0.5) is 5.82 Å². The fraction of sp³-hybridized carbons (Fsp3) is 0.478. The number of anilines is 1. The molecular weight excluding hydrogens is 394 g/mol. The molecule has 0 fully saturated rings. The average Bonchev–Trinajstić information content (AvgIpc) is 3.06. The lowest BCUT2D eigenvalue weighted by Gasteiger charge is -2.19. The second kappa shape index (κ2) is 10.7. The zero-order valence-corrected chi connectivity index (χ0v) is 20.1. The fourth-order valence-electron chi connectivity index (χ4n) is 2.91. The molecule has 3 rings (SSSR count). The van der Waals surface area contributed by atoms with Crippen LogP contribution < -0.4 is 15.8 Å². The molecule has 0 unspecified atom stereocenters. The van der Waals surface area contributed by atoms with Crippen molar-refractivity contribution in [3.8, 4) is 5.75 Å². The summed E-state index contributed by atoms with van der Waals surface area (Å²) >= 11 is 1.63. The zero-order valence-electron chi connectivity index (χ0n) is 19.2. The summed E-state index contributed by atoms with van der Waals surface area (Å²) in [4.78, 5) is 10.1. The second-order valence-electron chi connectivity index (χ2n) is 8.08.